The number of hydrogen-bond acceptors (Lipinski definition) is 7. The third-order valence-corrected chi connectivity index (χ3v) is 7.73. The van der Waals surface area contributed by atoms with Gasteiger partial charge in [-0.3, -0.25) is 9.59 Å². The van der Waals surface area contributed by atoms with Gasteiger partial charge in [0.25, 0.3) is 21.8 Å². The molecule has 1 unspecified atom stereocenters. The fourth-order valence-electron chi connectivity index (χ4n) is 4.12. The molecule has 3 rings (SSSR count). The largest absolute Gasteiger partial charge is 0.461 e. The molecule has 0 aliphatic heterocycles. The fraction of sp³-hybridized carbons (Fsp3) is 0.481. The van der Waals surface area contributed by atoms with Crippen molar-refractivity contribution < 1.29 is 27.5 Å². The maximum Gasteiger partial charge on any atom is 0.356 e. The van der Waals surface area contributed by atoms with Crippen LogP contribution < -0.4 is 10.0 Å². The van der Waals surface area contributed by atoms with Crippen LogP contribution in [0, 0.1) is 5.92 Å². The Kier molecular flexibility index (Phi) is 10.2. The Bertz CT molecular complexity index is 1170. The topological polar surface area (TPSA) is 132 Å². The van der Waals surface area contributed by atoms with Crippen LogP contribution in [0.1, 0.15) is 96.4 Å². The lowest BCUT2D eigenvalue weighted by atomic mass is 9.95. The Labute approximate surface area is 218 Å². The van der Waals surface area contributed by atoms with Gasteiger partial charge < -0.3 is 10.1 Å². The van der Waals surface area contributed by atoms with Crippen LogP contribution in [0.3, 0.4) is 0 Å². The van der Waals surface area contributed by atoms with Crippen molar-refractivity contribution in [2.75, 3.05) is 6.61 Å². The zero-order chi connectivity index (χ0) is 26.8. The summed E-state index contributed by atoms with van der Waals surface area (Å²) in [4.78, 5) is 41.0. The smallest absolute Gasteiger partial charge is 0.356 e. The highest BCUT2D eigenvalue weighted by Crippen LogP contribution is 2.18. The summed E-state index contributed by atoms with van der Waals surface area (Å²) in [6.07, 6.45) is 9.45. The highest BCUT2D eigenvalue weighted by Gasteiger charge is 2.21. The quantitative estimate of drug-likeness (QED) is 0.416. The van der Waals surface area contributed by atoms with Crippen LogP contribution in [0.15, 0.2) is 47.5 Å². The van der Waals surface area contributed by atoms with Gasteiger partial charge in [-0.25, -0.2) is 22.9 Å². The van der Waals surface area contributed by atoms with E-state index < -0.39 is 21.9 Å². The monoisotopic (exact) mass is 529 g/mol. The normalized spacial score (nSPS) is 15.0. The average Bonchev–Trinajstić information content (AvgIpc) is 2.91. The van der Waals surface area contributed by atoms with Crippen LogP contribution in [0.5, 0.6) is 0 Å². The number of ether oxygens (including phenoxy) is 1. The first-order valence-corrected chi connectivity index (χ1v) is 14.3. The number of amides is 2. The maximum absolute atomic E-state index is 12.7. The minimum Gasteiger partial charge on any atom is -0.461 e. The van der Waals surface area contributed by atoms with E-state index >= 15 is 0 Å². The molecule has 2 aromatic rings. The summed E-state index contributed by atoms with van der Waals surface area (Å²) in [5.41, 5.74) is 0.353. The van der Waals surface area contributed by atoms with Crippen molar-refractivity contribution in [3.63, 3.8) is 0 Å². The molecule has 2 amide bonds. The second-order valence-electron chi connectivity index (χ2n) is 9.55. The molecule has 1 aliphatic carbocycles. The number of esters is 1. The number of benzene rings is 1. The average molecular weight is 530 g/mol. The van der Waals surface area contributed by atoms with Crippen molar-refractivity contribution in [2.45, 2.75) is 76.2 Å². The maximum atomic E-state index is 12.7. The van der Waals surface area contributed by atoms with Crippen LogP contribution in [-0.4, -0.2) is 43.8 Å². The van der Waals surface area contributed by atoms with Gasteiger partial charge in [-0.05, 0) is 61.6 Å². The van der Waals surface area contributed by atoms with Gasteiger partial charge in [0, 0.05) is 17.8 Å². The van der Waals surface area contributed by atoms with Crippen molar-refractivity contribution in [1.82, 2.24) is 15.0 Å². The van der Waals surface area contributed by atoms with Crippen LogP contribution in [0.25, 0.3) is 0 Å². The summed E-state index contributed by atoms with van der Waals surface area (Å²) in [5.74, 6) is -1.50. The molecule has 1 aromatic carbocycles. The summed E-state index contributed by atoms with van der Waals surface area (Å²) in [6.45, 7) is 4.38. The minimum absolute atomic E-state index is 0.0279. The molecule has 10 heteroatoms. The molecular weight excluding hydrogens is 494 g/mol. The number of sulfonamides is 1. The Morgan fingerprint density at radius 3 is 2.30 bits per heavy atom. The van der Waals surface area contributed by atoms with Gasteiger partial charge in [0.15, 0.2) is 0 Å². The van der Waals surface area contributed by atoms with E-state index in [0.717, 1.165) is 51.1 Å². The van der Waals surface area contributed by atoms with Gasteiger partial charge in [0.1, 0.15) is 5.69 Å². The van der Waals surface area contributed by atoms with E-state index in [1.54, 1.807) is 0 Å². The number of pyridine rings is 1. The first-order valence-electron chi connectivity index (χ1n) is 12.8. The summed E-state index contributed by atoms with van der Waals surface area (Å²) < 4.78 is 32.6. The lowest BCUT2D eigenvalue weighted by Gasteiger charge is -2.22. The second kappa shape index (κ2) is 13.3. The van der Waals surface area contributed by atoms with Crippen molar-refractivity contribution in [1.29, 1.82) is 0 Å². The molecule has 2 N–H and O–H groups in total. The molecule has 0 saturated heterocycles. The van der Waals surface area contributed by atoms with Gasteiger partial charge in [0.2, 0.25) is 0 Å². The van der Waals surface area contributed by atoms with Gasteiger partial charge in [-0.1, -0.05) is 46.0 Å². The molecule has 1 saturated carbocycles. The summed E-state index contributed by atoms with van der Waals surface area (Å²) in [5, 5.41) is 2.98. The van der Waals surface area contributed by atoms with Crippen LogP contribution in [0.2, 0.25) is 0 Å². The molecule has 1 fully saturated rings. The van der Waals surface area contributed by atoms with Crippen molar-refractivity contribution in [2.24, 2.45) is 5.92 Å². The lowest BCUT2D eigenvalue weighted by molar-refractivity contribution is 0.0435. The predicted octanol–water partition coefficient (Wildman–Crippen LogP) is 4.25. The first-order chi connectivity index (χ1) is 17.7. The van der Waals surface area contributed by atoms with E-state index in [1.807, 2.05) is 11.6 Å². The predicted molar refractivity (Wildman–Crippen MR) is 139 cm³/mol. The Morgan fingerprint density at radius 2 is 1.68 bits per heavy atom. The third-order valence-electron chi connectivity index (χ3n) is 6.38. The van der Waals surface area contributed by atoms with Gasteiger partial charge in [-0.15, -0.1) is 0 Å². The molecule has 0 spiro atoms. The molecule has 0 bridgehead atoms. The SMILES string of the molecule is CCCCC(C)COC(=O)c1ccc(C(=O)NS(=O)(=O)c2ccc(C(=O)NC3CCCCC3)cc2)cn1. The molecule has 37 heavy (non-hydrogen) atoms. The Balaban J connectivity index is 1.55. The fourth-order valence-corrected chi connectivity index (χ4v) is 5.09. The number of carbonyl (C=O) groups excluding carboxylic acids is 3. The zero-order valence-corrected chi connectivity index (χ0v) is 22.2. The van der Waals surface area contributed by atoms with Crippen LogP contribution in [-0.2, 0) is 14.8 Å². The number of aromatic nitrogens is 1. The van der Waals surface area contributed by atoms with E-state index in [4.69, 9.17) is 4.74 Å². The second-order valence-corrected chi connectivity index (χ2v) is 11.2. The molecular formula is C27H35N3O6S. The molecule has 1 aliphatic rings. The molecule has 1 aromatic heterocycles. The van der Waals surface area contributed by atoms with E-state index in [-0.39, 0.29) is 40.6 Å². The number of unbranched alkanes of at least 4 members (excludes halogenated alkanes) is 1. The standard InChI is InChI=1S/C27H35N3O6S/c1-3-4-8-19(2)18-36-27(33)24-16-13-21(17-28-24)26(32)30-37(34,35)23-14-11-20(12-15-23)25(31)29-22-9-6-5-7-10-22/h11-17,19,22H,3-10,18H2,1-2H3,(H,29,31)(H,30,32). The van der Waals surface area contributed by atoms with E-state index in [0.29, 0.717) is 5.56 Å². The van der Waals surface area contributed by atoms with E-state index in [2.05, 4.69) is 17.2 Å². The molecule has 1 atom stereocenters. The summed E-state index contributed by atoms with van der Waals surface area (Å²) in [7, 11) is -4.18. The Morgan fingerprint density at radius 1 is 1.00 bits per heavy atom. The number of rotatable bonds is 11. The van der Waals surface area contributed by atoms with Crippen molar-refractivity contribution in [3.8, 4) is 0 Å². The lowest BCUT2D eigenvalue weighted by Crippen LogP contribution is -2.36. The van der Waals surface area contributed by atoms with Gasteiger partial charge >= 0.3 is 5.97 Å². The number of nitrogens with zero attached hydrogens (tertiary/aromatic N) is 1. The van der Waals surface area contributed by atoms with Gasteiger partial charge in [-0.2, -0.15) is 0 Å². The third kappa shape index (κ3) is 8.38. The minimum atomic E-state index is -4.18. The van der Waals surface area contributed by atoms with Crippen LogP contribution in [0.4, 0.5) is 0 Å². The van der Waals surface area contributed by atoms with E-state index in [1.165, 1.54) is 42.8 Å². The molecule has 1 heterocycles. The highest BCUT2D eigenvalue weighted by atomic mass is 32.2. The van der Waals surface area contributed by atoms with Crippen molar-refractivity contribution >= 4 is 27.8 Å². The number of hydrogen-bond donors (Lipinski definition) is 2. The summed E-state index contributed by atoms with van der Waals surface area (Å²) >= 11 is 0. The van der Waals surface area contributed by atoms with Gasteiger partial charge in [0.05, 0.1) is 17.1 Å². The zero-order valence-electron chi connectivity index (χ0n) is 21.4. The van der Waals surface area contributed by atoms with Crippen LogP contribution >= 0.6 is 0 Å². The number of carbonyl (C=O) groups is 3. The molecule has 0 radical (unpaired) electrons. The Hall–Kier alpha value is -3.27. The van der Waals surface area contributed by atoms with E-state index in [9.17, 15) is 22.8 Å². The summed E-state index contributed by atoms with van der Waals surface area (Å²) in [6, 6.07) is 8.17. The first kappa shape index (κ1) is 28.3. The molecule has 200 valence electrons. The number of nitrogens with one attached hydrogen (secondary N) is 2. The highest BCUT2D eigenvalue weighted by molar-refractivity contribution is 7.90. The van der Waals surface area contributed by atoms with Crippen molar-refractivity contribution in [3.05, 3.63) is 59.4 Å². The molecule has 9 nitrogen and oxygen atoms in total.